The van der Waals surface area contributed by atoms with Gasteiger partial charge in [0.15, 0.2) is 0 Å². The van der Waals surface area contributed by atoms with E-state index in [-0.39, 0.29) is 29.4 Å². The Morgan fingerprint density at radius 2 is 2.15 bits per heavy atom. The van der Waals surface area contributed by atoms with Crippen molar-refractivity contribution in [1.29, 1.82) is 0 Å². The largest absolute Gasteiger partial charge is 0.393 e. The standard InChI is InChI=1S/C12H14N4O4/c1-15-10(17)6-5-9(12(15)18)14-8-4-2-3-7(13)11(8)16(19)20/h2-4,9,14H,5-6,13H2,1H3. The highest BCUT2D eigenvalue weighted by molar-refractivity contribution is 6.01. The number of nitrogens with one attached hydrogen (secondary N) is 1. The van der Waals surface area contributed by atoms with Crippen LogP contribution in [0.25, 0.3) is 0 Å². The number of hydrogen-bond acceptors (Lipinski definition) is 6. The van der Waals surface area contributed by atoms with Gasteiger partial charge in [0.1, 0.15) is 17.4 Å². The van der Waals surface area contributed by atoms with Crippen LogP contribution < -0.4 is 11.1 Å². The quantitative estimate of drug-likeness (QED) is 0.364. The number of carbonyl (C=O) groups is 2. The molecule has 8 heteroatoms. The number of nitrogens with two attached hydrogens (primary N) is 1. The van der Waals surface area contributed by atoms with Crippen LogP contribution in [-0.4, -0.2) is 34.7 Å². The van der Waals surface area contributed by atoms with Gasteiger partial charge in [-0.2, -0.15) is 0 Å². The number of amides is 2. The van der Waals surface area contributed by atoms with Crippen LogP contribution in [0.5, 0.6) is 0 Å². The molecule has 1 aliphatic heterocycles. The smallest absolute Gasteiger partial charge is 0.314 e. The van der Waals surface area contributed by atoms with Crippen molar-refractivity contribution in [2.75, 3.05) is 18.1 Å². The van der Waals surface area contributed by atoms with Crippen molar-refractivity contribution >= 4 is 28.9 Å². The Morgan fingerprint density at radius 3 is 2.80 bits per heavy atom. The van der Waals surface area contributed by atoms with Gasteiger partial charge >= 0.3 is 5.69 Å². The van der Waals surface area contributed by atoms with E-state index < -0.39 is 16.9 Å². The molecule has 8 nitrogen and oxygen atoms in total. The van der Waals surface area contributed by atoms with Crippen molar-refractivity contribution in [3.8, 4) is 0 Å². The monoisotopic (exact) mass is 278 g/mol. The van der Waals surface area contributed by atoms with E-state index >= 15 is 0 Å². The van der Waals surface area contributed by atoms with Crippen molar-refractivity contribution < 1.29 is 14.5 Å². The molecule has 2 amide bonds. The first-order valence-corrected chi connectivity index (χ1v) is 6.01. The Kier molecular flexibility index (Phi) is 3.55. The first-order valence-electron chi connectivity index (χ1n) is 6.01. The summed E-state index contributed by atoms with van der Waals surface area (Å²) in [5.74, 6) is -0.659. The summed E-state index contributed by atoms with van der Waals surface area (Å²) in [7, 11) is 1.40. The van der Waals surface area contributed by atoms with Crippen molar-refractivity contribution in [1.82, 2.24) is 4.90 Å². The molecule has 0 spiro atoms. The van der Waals surface area contributed by atoms with E-state index in [1.165, 1.54) is 19.2 Å². The van der Waals surface area contributed by atoms with Crippen molar-refractivity contribution in [3.05, 3.63) is 28.3 Å². The summed E-state index contributed by atoms with van der Waals surface area (Å²) in [6.07, 6.45) is 0.518. The van der Waals surface area contributed by atoms with Crippen LogP contribution in [0.4, 0.5) is 17.1 Å². The molecule has 3 N–H and O–H groups in total. The second kappa shape index (κ2) is 5.16. The second-order valence-corrected chi connectivity index (χ2v) is 4.53. The number of para-hydroxylation sites is 1. The molecule has 1 aromatic rings. The highest BCUT2D eigenvalue weighted by atomic mass is 16.6. The topological polar surface area (TPSA) is 119 Å². The molecule has 106 valence electrons. The Morgan fingerprint density at radius 1 is 1.45 bits per heavy atom. The maximum absolute atomic E-state index is 11.9. The molecule has 1 heterocycles. The predicted molar refractivity (Wildman–Crippen MR) is 71.9 cm³/mol. The Labute approximate surface area is 114 Å². The molecule has 1 aliphatic rings. The van der Waals surface area contributed by atoms with Crippen LogP contribution in [-0.2, 0) is 9.59 Å². The van der Waals surface area contributed by atoms with Crippen LogP contribution in [0, 0.1) is 10.1 Å². The van der Waals surface area contributed by atoms with E-state index in [0.29, 0.717) is 6.42 Å². The number of likely N-dealkylation sites (N-methyl/N-ethyl adjacent to an activating group) is 1. The Hall–Kier alpha value is -2.64. The van der Waals surface area contributed by atoms with E-state index in [2.05, 4.69) is 5.32 Å². The molecule has 0 saturated carbocycles. The van der Waals surface area contributed by atoms with Gasteiger partial charge in [0.2, 0.25) is 5.91 Å². The molecule has 0 aromatic heterocycles. The molecule has 1 fully saturated rings. The van der Waals surface area contributed by atoms with Gasteiger partial charge in [-0.05, 0) is 18.6 Å². The average Bonchev–Trinajstić information content (AvgIpc) is 2.39. The number of piperidine rings is 1. The molecule has 1 atom stereocenters. The maximum atomic E-state index is 11.9. The fraction of sp³-hybridized carbons (Fsp3) is 0.333. The normalized spacial score (nSPS) is 19.1. The van der Waals surface area contributed by atoms with Gasteiger partial charge in [-0.15, -0.1) is 0 Å². The molecule has 0 aliphatic carbocycles. The summed E-state index contributed by atoms with van der Waals surface area (Å²) in [5.41, 5.74) is 5.51. The lowest BCUT2D eigenvalue weighted by Gasteiger charge is -2.28. The molecule has 1 saturated heterocycles. The lowest BCUT2D eigenvalue weighted by atomic mass is 10.0. The summed E-state index contributed by atoms with van der Waals surface area (Å²) in [6.45, 7) is 0. The minimum absolute atomic E-state index is 0.0210. The lowest BCUT2D eigenvalue weighted by Crippen LogP contribution is -2.48. The average molecular weight is 278 g/mol. The SMILES string of the molecule is CN1C(=O)CCC(Nc2cccc(N)c2[N+](=O)[O-])C1=O. The van der Waals surface area contributed by atoms with Gasteiger partial charge in [0.05, 0.1) is 4.92 Å². The summed E-state index contributed by atoms with van der Waals surface area (Å²) < 4.78 is 0. The third-order valence-corrected chi connectivity index (χ3v) is 3.23. The minimum atomic E-state index is -0.668. The molecule has 2 rings (SSSR count). The molecule has 1 aromatic carbocycles. The van der Waals surface area contributed by atoms with E-state index in [0.717, 1.165) is 4.90 Å². The van der Waals surface area contributed by atoms with Crippen molar-refractivity contribution in [2.24, 2.45) is 0 Å². The number of nitro groups is 1. The molecular formula is C12H14N4O4. The zero-order chi connectivity index (χ0) is 14.9. The summed E-state index contributed by atoms with van der Waals surface area (Å²) >= 11 is 0. The highest BCUT2D eigenvalue weighted by Crippen LogP contribution is 2.31. The Balaban J connectivity index is 2.27. The fourth-order valence-electron chi connectivity index (χ4n) is 2.12. The van der Waals surface area contributed by atoms with E-state index in [9.17, 15) is 19.7 Å². The maximum Gasteiger partial charge on any atom is 0.314 e. The highest BCUT2D eigenvalue weighted by Gasteiger charge is 2.33. The first-order chi connectivity index (χ1) is 9.41. The van der Waals surface area contributed by atoms with Crippen LogP contribution in [0.1, 0.15) is 12.8 Å². The number of rotatable bonds is 3. The van der Waals surface area contributed by atoms with Gasteiger partial charge < -0.3 is 11.1 Å². The summed E-state index contributed by atoms with van der Waals surface area (Å²) in [5, 5.41) is 13.8. The Bertz CT molecular complexity index is 587. The van der Waals surface area contributed by atoms with E-state index in [1.807, 2.05) is 0 Å². The van der Waals surface area contributed by atoms with Gasteiger partial charge in [0, 0.05) is 13.5 Å². The lowest BCUT2D eigenvalue weighted by molar-refractivity contribution is -0.383. The van der Waals surface area contributed by atoms with Crippen LogP contribution >= 0.6 is 0 Å². The molecule has 1 unspecified atom stereocenters. The van der Waals surface area contributed by atoms with Gasteiger partial charge in [-0.3, -0.25) is 24.6 Å². The zero-order valence-corrected chi connectivity index (χ0v) is 10.8. The number of nitro benzene ring substituents is 1. The van der Waals surface area contributed by atoms with Gasteiger partial charge in [-0.1, -0.05) is 6.07 Å². The van der Waals surface area contributed by atoms with Gasteiger partial charge in [0.25, 0.3) is 5.91 Å². The minimum Gasteiger partial charge on any atom is -0.393 e. The predicted octanol–water partition coefficient (Wildman–Crippen LogP) is 0.736. The molecule has 20 heavy (non-hydrogen) atoms. The number of likely N-dealkylation sites (tertiary alicyclic amines) is 1. The summed E-state index contributed by atoms with van der Waals surface area (Å²) in [6, 6.07) is 3.80. The fourth-order valence-corrected chi connectivity index (χ4v) is 2.12. The van der Waals surface area contributed by atoms with Crippen LogP contribution in [0.15, 0.2) is 18.2 Å². The third kappa shape index (κ3) is 2.40. The van der Waals surface area contributed by atoms with Crippen molar-refractivity contribution in [3.63, 3.8) is 0 Å². The number of benzene rings is 1. The molecule has 0 radical (unpaired) electrons. The number of carbonyl (C=O) groups excluding carboxylic acids is 2. The number of nitrogens with zero attached hydrogens (tertiary/aromatic N) is 2. The first kappa shape index (κ1) is 13.8. The van der Waals surface area contributed by atoms with Crippen molar-refractivity contribution in [2.45, 2.75) is 18.9 Å². The van der Waals surface area contributed by atoms with Gasteiger partial charge in [-0.25, -0.2) is 0 Å². The second-order valence-electron chi connectivity index (χ2n) is 4.53. The number of hydrogen-bond donors (Lipinski definition) is 2. The third-order valence-electron chi connectivity index (χ3n) is 3.23. The number of imide groups is 1. The number of nitrogen functional groups attached to an aromatic ring is 1. The van der Waals surface area contributed by atoms with Crippen LogP contribution in [0.2, 0.25) is 0 Å². The summed E-state index contributed by atoms with van der Waals surface area (Å²) in [4.78, 5) is 34.8. The number of anilines is 2. The van der Waals surface area contributed by atoms with E-state index in [1.54, 1.807) is 6.07 Å². The molecule has 0 bridgehead atoms. The molecular weight excluding hydrogens is 264 g/mol. The van der Waals surface area contributed by atoms with Crippen LogP contribution in [0.3, 0.4) is 0 Å². The zero-order valence-electron chi connectivity index (χ0n) is 10.8. The van der Waals surface area contributed by atoms with E-state index in [4.69, 9.17) is 5.73 Å².